The second-order valence-corrected chi connectivity index (χ2v) is 9.23. The van der Waals surface area contributed by atoms with Crippen molar-refractivity contribution in [1.82, 2.24) is 4.90 Å². The Bertz CT molecular complexity index is 1480. The smallest absolute Gasteiger partial charge is 0.318 e. The first-order valence-corrected chi connectivity index (χ1v) is 12.2. The van der Waals surface area contributed by atoms with E-state index in [1.54, 1.807) is 43.3 Å². The van der Waals surface area contributed by atoms with Gasteiger partial charge in [0.15, 0.2) is 11.5 Å². The van der Waals surface area contributed by atoms with E-state index in [1.807, 2.05) is 0 Å². The summed E-state index contributed by atoms with van der Waals surface area (Å²) >= 11 is 6.70. The minimum atomic E-state index is -0.781. The molecule has 38 heavy (non-hydrogen) atoms. The van der Waals surface area contributed by atoms with Crippen LogP contribution in [0.2, 0.25) is 5.02 Å². The van der Waals surface area contributed by atoms with Gasteiger partial charge in [0.2, 0.25) is 5.75 Å². The number of rotatable bonds is 9. The zero-order valence-corrected chi connectivity index (χ0v) is 21.2. The number of nitro benzene ring substituents is 2. The zero-order valence-electron chi connectivity index (χ0n) is 19.7. The number of carbonyl (C=O) groups excluding carboxylic acids is 2. The van der Waals surface area contributed by atoms with Gasteiger partial charge >= 0.3 is 5.69 Å². The molecule has 1 saturated heterocycles. The number of hydrogen-bond donors (Lipinski definition) is 0. The predicted octanol–water partition coefficient (Wildman–Crippen LogP) is 6.58. The fraction of sp³-hybridized carbons (Fsp3) is 0.120. The van der Waals surface area contributed by atoms with E-state index in [0.717, 1.165) is 40.4 Å². The molecule has 4 rings (SSSR count). The third kappa shape index (κ3) is 5.93. The van der Waals surface area contributed by atoms with Crippen LogP contribution in [0.4, 0.5) is 16.2 Å². The molecule has 2 amide bonds. The highest BCUT2D eigenvalue weighted by atomic mass is 35.5. The zero-order chi connectivity index (χ0) is 27.4. The molecule has 0 unspecified atom stereocenters. The summed E-state index contributed by atoms with van der Waals surface area (Å²) in [7, 11) is 0. The van der Waals surface area contributed by atoms with Gasteiger partial charge in [-0.2, -0.15) is 0 Å². The van der Waals surface area contributed by atoms with Crippen molar-refractivity contribution in [3.63, 3.8) is 0 Å². The first-order chi connectivity index (χ1) is 18.2. The van der Waals surface area contributed by atoms with Gasteiger partial charge in [0, 0.05) is 11.1 Å². The Morgan fingerprint density at radius 1 is 0.947 bits per heavy atom. The van der Waals surface area contributed by atoms with Crippen LogP contribution >= 0.6 is 23.4 Å². The van der Waals surface area contributed by atoms with Crippen molar-refractivity contribution in [3.8, 4) is 17.2 Å². The van der Waals surface area contributed by atoms with Crippen LogP contribution in [0.3, 0.4) is 0 Å². The molecule has 0 atom stereocenters. The molecular weight excluding hydrogens is 538 g/mol. The molecule has 0 N–H and O–H groups in total. The molecule has 0 aromatic heterocycles. The number of benzene rings is 3. The number of thioether (sulfide) groups is 1. The molecule has 3 aromatic rings. The summed E-state index contributed by atoms with van der Waals surface area (Å²) in [6.45, 7) is 2.07. The topological polar surface area (TPSA) is 142 Å². The van der Waals surface area contributed by atoms with Gasteiger partial charge in [0.25, 0.3) is 16.8 Å². The summed E-state index contributed by atoms with van der Waals surface area (Å²) in [5, 5.41) is 22.6. The van der Waals surface area contributed by atoms with E-state index in [-0.39, 0.29) is 35.3 Å². The lowest BCUT2D eigenvalue weighted by atomic mass is 10.1. The highest BCUT2D eigenvalue weighted by Crippen LogP contribution is 2.40. The van der Waals surface area contributed by atoms with Gasteiger partial charge in [0.05, 0.1) is 34.0 Å². The predicted molar refractivity (Wildman–Crippen MR) is 140 cm³/mol. The molecule has 1 aliphatic heterocycles. The first-order valence-electron chi connectivity index (χ1n) is 11.0. The fourth-order valence-electron chi connectivity index (χ4n) is 3.49. The number of amides is 2. The Labute approximate surface area is 224 Å². The van der Waals surface area contributed by atoms with Crippen molar-refractivity contribution in [3.05, 3.63) is 102 Å². The van der Waals surface area contributed by atoms with Crippen LogP contribution in [-0.2, 0) is 11.3 Å². The van der Waals surface area contributed by atoms with Gasteiger partial charge in [-0.05, 0) is 66.2 Å². The molecule has 1 aliphatic rings. The Hall–Kier alpha value is -4.42. The maximum atomic E-state index is 12.9. The van der Waals surface area contributed by atoms with E-state index in [0.29, 0.717) is 10.6 Å². The summed E-state index contributed by atoms with van der Waals surface area (Å²) in [5.74, 6) is -0.321. The first kappa shape index (κ1) is 26.6. The number of halogens is 1. The van der Waals surface area contributed by atoms with Gasteiger partial charge in [-0.1, -0.05) is 29.8 Å². The number of nitro groups is 2. The third-order valence-electron chi connectivity index (χ3n) is 5.26. The Balaban J connectivity index is 1.59. The van der Waals surface area contributed by atoms with Gasteiger partial charge in [-0.15, -0.1) is 0 Å². The van der Waals surface area contributed by atoms with Crippen molar-refractivity contribution < 1.29 is 28.9 Å². The fourth-order valence-corrected chi connectivity index (χ4v) is 4.46. The summed E-state index contributed by atoms with van der Waals surface area (Å²) in [6, 6.07) is 14.5. The molecule has 0 aliphatic carbocycles. The highest BCUT2D eigenvalue weighted by molar-refractivity contribution is 8.18. The van der Waals surface area contributed by atoms with Crippen LogP contribution in [-0.4, -0.2) is 32.5 Å². The van der Waals surface area contributed by atoms with Crippen LogP contribution in [0, 0.1) is 20.2 Å². The molecule has 0 saturated carbocycles. The van der Waals surface area contributed by atoms with Crippen molar-refractivity contribution >= 4 is 52.0 Å². The highest BCUT2D eigenvalue weighted by Gasteiger charge is 2.35. The maximum absolute atomic E-state index is 12.9. The SMILES string of the molecule is CCOc1cc(/C=C2\SC(=O)N(Cc3ccc(Cl)cc3)C2=O)ccc1Oc1ccc([N+](=O)[O-])cc1[N+](=O)[O-]. The molecular formula is C25H18ClN3O8S. The van der Waals surface area contributed by atoms with Crippen LogP contribution in [0.25, 0.3) is 6.08 Å². The summed E-state index contributed by atoms with van der Waals surface area (Å²) < 4.78 is 11.3. The number of non-ortho nitro benzene ring substituents is 1. The normalized spacial score (nSPS) is 14.2. The van der Waals surface area contributed by atoms with Crippen LogP contribution in [0.5, 0.6) is 17.2 Å². The number of ether oxygens (including phenoxy) is 2. The van der Waals surface area contributed by atoms with Crippen LogP contribution in [0.1, 0.15) is 18.1 Å². The standard InChI is InChI=1S/C25H18ClN3O8S/c1-2-36-22-11-16(5-9-21(22)37-20-10-8-18(28(32)33)13-19(20)29(34)35)12-23-24(30)27(25(31)38-23)14-15-3-6-17(26)7-4-15/h3-13H,2,14H2,1H3/b23-12-. The summed E-state index contributed by atoms with van der Waals surface area (Å²) in [5.41, 5.74) is 0.240. The van der Waals surface area contributed by atoms with E-state index < -0.39 is 32.4 Å². The second-order valence-electron chi connectivity index (χ2n) is 7.80. The summed E-state index contributed by atoms with van der Waals surface area (Å²) in [4.78, 5) is 47.7. The molecule has 0 radical (unpaired) electrons. The number of imide groups is 1. The molecule has 13 heteroatoms. The van der Waals surface area contributed by atoms with Crippen molar-refractivity contribution in [2.24, 2.45) is 0 Å². The second kappa shape index (κ2) is 11.3. The Kier molecular flexibility index (Phi) is 7.93. The van der Waals surface area contributed by atoms with E-state index in [1.165, 1.54) is 12.1 Å². The van der Waals surface area contributed by atoms with E-state index >= 15 is 0 Å². The van der Waals surface area contributed by atoms with Crippen molar-refractivity contribution in [2.45, 2.75) is 13.5 Å². The lowest BCUT2D eigenvalue weighted by Gasteiger charge is -2.13. The molecule has 11 nitrogen and oxygen atoms in total. The Morgan fingerprint density at radius 2 is 1.66 bits per heavy atom. The molecule has 1 heterocycles. The van der Waals surface area contributed by atoms with Gasteiger partial charge in [-0.25, -0.2) is 0 Å². The lowest BCUT2D eigenvalue weighted by Crippen LogP contribution is -2.27. The van der Waals surface area contributed by atoms with Crippen molar-refractivity contribution in [1.29, 1.82) is 0 Å². The monoisotopic (exact) mass is 555 g/mol. The Morgan fingerprint density at radius 3 is 2.32 bits per heavy atom. The molecule has 0 spiro atoms. The van der Waals surface area contributed by atoms with Crippen LogP contribution in [0.15, 0.2) is 65.6 Å². The third-order valence-corrected chi connectivity index (χ3v) is 6.42. The molecule has 1 fully saturated rings. The number of carbonyl (C=O) groups is 2. The summed E-state index contributed by atoms with van der Waals surface area (Å²) in [6.07, 6.45) is 1.54. The lowest BCUT2D eigenvalue weighted by molar-refractivity contribution is -0.394. The van der Waals surface area contributed by atoms with Gasteiger partial charge < -0.3 is 9.47 Å². The number of hydrogen-bond acceptors (Lipinski definition) is 9. The van der Waals surface area contributed by atoms with Crippen LogP contribution < -0.4 is 9.47 Å². The van der Waals surface area contributed by atoms with Crippen molar-refractivity contribution in [2.75, 3.05) is 6.61 Å². The molecule has 3 aromatic carbocycles. The minimum absolute atomic E-state index is 0.101. The minimum Gasteiger partial charge on any atom is -0.490 e. The molecule has 0 bridgehead atoms. The largest absolute Gasteiger partial charge is 0.490 e. The van der Waals surface area contributed by atoms with E-state index in [9.17, 15) is 29.8 Å². The average Bonchev–Trinajstić information content (AvgIpc) is 3.14. The van der Waals surface area contributed by atoms with E-state index in [4.69, 9.17) is 21.1 Å². The average molecular weight is 556 g/mol. The molecule has 194 valence electrons. The van der Waals surface area contributed by atoms with E-state index in [2.05, 4.69) is 0 Å². The maximum Gasteiger partial charge on any atom is 0.318 e. The number of nitrogens with zero attached hydrogens (tertiary/aromatic N) is 3. The van der Waals surface area contributed by atoms with Gasteiger partial charge in [0.1, 0.15) is 0 Å². The van der Waals surface area contributed by atoms with Gasteiger partial charge in [-0.3, -0.25) is 34.7 Å². The quantitative estimate of drug-likeness (QED) is 0.162.